The molecule has 17 heavy (non-hydrogen) atoms. The molecule has 0 bridgehead atoms. The SMILES string of the molecule is N#CCc1c2n(c3ccccc13)CCCCC2. The predicted octanol–water partition coefficient (Wildman–Crippen LogP) is 3.43. The van der Waals surface area contributed by atoms with Gasteiger partial charge in [0.1, 0.15) is 0 Å². The van der Waals surface area contributed by atoms with Crippen LogP contribution in [0.15, 0.2) is 24.3 Å². The Morgan fingerprint density at radius 1 is 1.18 bits per heavy atom. The summed E-state index contributed by atoms with van der Waals surface area (Å²) in [6.07, 6.45) is 5.50. The van der Waals surface area contributed by atoms with Crippen LogP contribution in [-0.2, 0) is 19.4 Å². The largest absolute Gasteiger partial charge is 0.344 e. The zero-order valence-electron chi connectivity index (χ0n) is 9.95. The molecule has 86 valence electrons. The molecule has 0 amide bonds. The molecule has 1 aliphatic rings. The number of aromatic nitrogens is 1. The second-order valence-electron chi connectivity index (χ2n) is 4.74. The van der Waals surface area contributed by atoms with E-state index in [9.17, 15) is 0 Å². The molecule has 2 heteroatoms. The first-order chi connectivity index (χ1) is 8.42. The van der Waals surface area contributed by atoms with Gasteiger partial charge >= 0.3 is 0 Å². The smallest absolute Gasteiger partial charge is 0.0670 e. The van der Waals surface area contributed by atoms with E-state index in [1.807, 2.05) is 0 Å². The minimum absolute atomic E-state index is 0.544. The standard InChI is InChI=1S/C15H16N2/c16-10-9-13-12-6-3-4-8-14(12)17-11-5-1-2-7-15(13)17/h3-4,6,8H,1-2,5,7,9,11H2. The van der Waals surface area contributed by atoms with Crippen LogP contribution in [0, 0.1) is 11.3 Å². The highest BCUT2D eigenvalue weighted by Crippen LogP contribution is 2.30. The number of aryl methyl sites for hydroxylation is 1. The Hall–Kier alpha value is -1.75. The van der Waals surface area contributed by atoms with Crippen molar-refractivity contribution < 1.29 is 0 Å². The summed E-state index contributed by atoms with van der Waals surface area (Å²) in [6, 6.07) is 10.8. The van der Waals surface area contributed by atoms with Crippen molar-refractivity contribution in [2.45, 2.75) is 38.6 Å². The van der Waals surface area contributed by atoms with Crippen molar-refractivity contribution in [1.29, 1.82) is 5.26 Å². The minimum atomic E-state index is 0.544. The summed E-state index contributed by atoms with van der Waals surface area (Å²) in [4.78, 5) is 0. The molecule has 2 nitrogen and oxygen atoms in total. The maximum atomic E-state index is 9.01. The van der Waals surface area contributed by atoms with Crippen molar-refractivity contribution in [3.63, 3.8) is 0 Å². The highest BCUT2D eigenvalue weighted by Gasteiger charge is 2.17. The van der Waals surface area contributed by atoms with Gasteiger partial charge in [0.15, 0.2) is 0 Å². The van der Waals surface area contributed by atoms with Crippen LogP contribution in [0.2, 0.25) is 0 Å². The Morgan fingerprint density at radius 3 is 2.94 bits per heavy atom. The first-order valence-corrected chi connectivity index (χ1v) is 6.38. The van der Waals surface area contributed by atoms with E-state index in [4.69, 9.17) is 5.26 Å². The molecule has 0 saturated carbocycles. The van der Waals surface area contributed by atoms with E-state index in [1.165, 1.54) is 41.4 Å². The molecule has 0 fully saturated rings. The number of nitrogens with zero attached hydrogens (tertiary/aromatic N) is 2. The molecule has 1 aliphatic heterocycles. The van der Waals surface area contributed by atoms with Gasteiger partial charge in [0.2, 0.25) is 0 Å². The Morgan fingerprint density at radius 2 is 2.06 bits per heavy atom. The fourth-order valence-corrected chi connectivity index (χ4v) is 2.98. The van der Waals surface area contributed by atoms with Crippen LogP contribution >= 0.6 is 0 Å². The van der Waals surface area contributed by atoms with Crippen LogP contribution in [0.1, 0.15) is 30.5 Å². The molecule has 0 unspecified atom stereocenters. The number of rotatable bonds is 1. The lowest BCUT2D eigenvalue weighted by atomic mass is 10.0. The monoisotopic (exact) mass is 224 g/mol. The van der Waals surface area contributed by atoms with Crippen molar-refractivity contribution in [1.82, 2.24) is 4.57 Å². The summed E-state index contributed by atoms with van der Waals surface area (Å²) in [5.41, 5.74) is 3.99. The molecule has 1 aromatic heterocycles. The second kappa shape index (κ2) is 4.25. The topological polar surface area (TPSA) is 28.7 Å². The number of hydrogen-bond donors (Lipinski definition) is 0. The summed E-state index contributed by atoms with van der Waals surface area (Å²) < 4.78 is 2.44. The maximum Gasteiger partial charge on any atom is 0.0670 e. The van der Waals surface area contributed by atoms with Crippen molar-refractivity contribution in [2.24, 2.45) is 0 Å². The van der Waals surface area contributed by atoms with Gasteiger partial charge in [-0.15, -0.1) is 0 Å². The number of hydrogen-bond acceptors (Lipinski definition) is 1. The highest BCUT2D eigenvalue weighted by molar-refractivity contribution is 5.86. The van der Waals surface area contributed by atoms with E-state index < -0.39 is 0 Å². The van der Waals surface area contributed by atoms with Gasteiger partial charge in [-0.1, -0.05) is 24.6 Å². The van der Waals surface area contributed by atoms with E-state index in [-0.39, 0.29) is 0 Å². The van der Waals surface area contributed by atoms with Crippen LogP contribution in [-0.4, -0.2) is 4.57 Å². The molecule has 0 radical (unpaired) electrons. The van der Waals surface area contributed by atoms with Crippen molar-refractivity contribution >= 4 is 10.9 Å². The molecule has 3 rings (SSSR count). The third-order valence-corrected chi connectivity index (χ3v) is 3.75. The van der Waals surface area contributed by atoms with Gasteiger partial charge in [-0.05, 0) is 30.9 Å². The average Bonchev–Trinajstić information content (AvgIpc) is 2.55. The summed E-state index contributed by atoms with van der Waals surface area (Å²) in [6.45, 7) is 1.11. The van der Waals surface area contributed by atoms with E-state index in [2.05, 4.69) is 34.9 Å². The van der Waals surface area contributed by atoms with Gasteiger partial charge in [-0.3, -0.25) is 0 Å². The third kappa shape index (κ3) is 1.63. The van der Waals surface area contributed by atoms with Crippen LogP contribution in [0.25, 0.3) is 10.9 Å². The van der Waals surface area contributed by atoms with Gasteiger partial charge in [0, 0.05) is 23.1 Å². The fourth-order valence-electron chi connectivity index (χ4n) is 2.98. The fraction of sp³-hybridized carbons (Fsp3) is 0.400. The van der Waals surface area contributed by atoms with Crippen LogP contribution in [0.3, 0.4) is 0 Å². The van der Waals surface area contributed by atoms with Crippen LogP contribution < -0.4 is 0 Å². The van der Waals surface area contributed by atoms with E-state index in [0.717, 1.165) is 13.0 Å². The molecule has 0 aliphatic carbocycles. The van der Waals surface area contributed by atoms with Crippen LogP contribution in [0.4, 0.5) is 0 Å². The normalized spacial score (nSPS) is 15.2. The van der Waals surface area contributed by atoms with Gasteiger partial charge in [0.25, 0.3) is 0 Å². The Labute approximate surface area is 101 Å². The van der Waals surface area contributed by atoms with E-state index in [0.29, 0.717) is 6.42 Å². The Balaban J connectivity index is 2.29. The van der Waals surface area contributed by atoms with E-state index >= 15 is 0 Å². The van der Waals surface area contributed by atoms with Crippen molar-refractivity contribution in [3.05, 3.63) is 35.5 Å². The van der Waals surface area contributed by atoms with Gasteiger partial charge in [-0.25, -0.2) is 0 Å². The quantitative estimate of drug-likeness (QED) is 0.729. The molecular formula is C15H16N2. The molecule has 0 spiro atoms. The average molecular weight is 224 g/mol. The predicted molar refractivity (Wildman–Crippen MR) is 68.8 cm³/mol. The Kier molecular flexibility index (Phi) is 2.60. The zero-order chi connectivity index (χ0) is 11.7. The lowest BCUT2D eigenvalue weighted by Gasteiger charge is -2.06. The number of nitriles is 1. The molecule has 0 N–H and O–H groups in total. The number of fused-ring (bicyclic) bond motifs is 3. The van der Waals surface area contributed by atoms with Gasteiger partial charge in [-0.2, -0.15) is 5.26 Å². The third-order valence-electron chi connectivity index (χ3n) is 3.75. The summed E-state index contributed by atoms with van der Waals surface area (Å²) >= 11 is 0. The molecule has 2 heterocycles. The highest BCUT2D eigenvalue weighted by atomic mass is 15.0. The lowest BCUT2D eigenvalue weighted by Crippen LogP contribution is -2.01. The summed E-state index contributed by atoms with van der Waals surface area (Å²) in [7, 11) is 0. The number of para-hydroxylation sites is 1. The van der Waals surface area contributed by atoms with Gasteiger partial charge < -0.3 is 4.57 Å². The van der Waals surface area contributed by atoms with Gasteiger partial charge in [0.05, 0.1) is 12.5 Å². The van der Waals surface area contributed by atoms with Crippen molar-refractivity contribution in [3.8, 4) is 6.07 Å². The summed E-state index contributed by atoms with van der Waals surface area (Å²) in [5, 5.41) is 10.3. The molecule has 0 saturated heterocycles. The first-order valence-electron chi connectivity index (χ1n) is 6.38. The Bertz CT molecular complexity index is 587. The molecule has 2 aromatic rings. The first kappa shape index (κ1) is 10.4. The number of benzene rings is 1. The molecule has 0 atom stereocenters. The summed E-state index contributed by atoms with van der Waals surface area (Å²) in [5.74, 6) is 0. The maximum absolute atomic E-state index is 9.01. The van der Waals surface area contributed by atoms with Crippen molar-refractivity contribution in [2.75, 3.05) is 0 Å². The lowest BCUT2D eigenvalue weighted by molar-refractivity contribution is 0.648. The molecular weight excluding hydrogens is 208 g/mol. The molecule has 1 aromatic carbocycles. The second-order valence-corrected chi connectivity index (χ2v) is 4.74. The minimum Gasteiger partial charge on any atom is -0.344 e. The van der Waals surface area contributed by atoms with E-state index in [1.54, 1.807) is 0 Å². The van der Waals surface area contributed by atoms with Crippen LogP contribution in [0.5, 0.6) is 0 Å². The zero-order valence-corrected chi connectivity index (χ0v) is 9.95.